The number of benzene rings is 1. The van der Waals surface area contributed by atoms with E-state index in [0.29, 0.717) is 10.0 Å². The summed E-state index contributed by atoms with van der Waals surface area (Å²) < 4.78 is 14.5. The van der Waals surface area contributed by atoms with Gasteiger partial charge in [-0.3, -0.25) is 5.84 Å². The third kappa shape index (κ3) is 2.49. The predicted octanol–water partition coefficient (Wildman–Crippen LogP) is 3.82. The number of hydrogen-bond acceptors (Lipinski definition) is 3. The van der Waals surface area contributed by atoms with Gasteiger partial charge in [-0.1, -0.05) is 12.1 Å². The van der Waals surface area contributed by atoms with E-state index in [-0.39, 0.29) is 11.9 Å². The van der Waals surface area contributed by atoms with E-state index in [1.807, 2.05) is 19.9 Å². The smallest absolute Gasteiger partial charge is 0.142 e. The minimum Gasteiger partial charge on any atom is -0.271 e. The van der Waals surface area contributed by atoms with Gasteiger partial charge in [0.25, 0.3) is 0 Å². The summed E-state index contributed by atoms with van der Waals surface area (Å²) in [4.78, 5) is 2.24. The molecule has 3 N–H and O–H groups in total. The number of aryl methyl sites for hydroxylation is 2. The van der Waals surface area contributed by atoms with Crippen molar-refractivity contribution in [3.05, 3.63) is 55.4 Å². The van der Waals surface area contributed by atoms with E-state index in [1.54, 1.807) is 29.5 Å². The van der Waals surface area contributed by atoms with Crippen molar-refractivity contribution in [3.8, 4) is 0 Å². The Morgan fingerprint density at radius 2 is 2.11 bits per heavy atom. The van der Waals surface area contributed by atoms with Crippen molar-refractivity contribution in [2.24, 2.45) is 5.84 Å². The van der Waals surface area contributed by atoms with Crippen LogP contribution in [0.25, 0.3) is 0 Å². The van der Waals surface area contributed by atoms with Gasteiger partial charge in [-0.15, -0.1) is 11.3 Å². The molecule has 5 heteroatoms. The molecule has 0 aliphatic rings. The summed E-state index contributed by atoms with van der Waals surface area (Å²) in [6.45, 7) is 4.09. The van der Waals surface area contributed by atoms with Crippen molar-refractivity contribution < 1.29 is 4.39 Å². The molecular formula is C13H14BrFN2S. The van der Waals surface area contributed by atoms with Crippen LogP contribution in [0.2, 0.25) is 0 Å². The summed E-state index contributed by atoms with van der Waals surface area (Å²) in [6, 6.07) is 6.96. The second-order valence-corrected chi connectivity index (χ2v) is 6.27. The molecule has 0 saturated heterocycles. The Bertz CT molecular complexity index is 549. The second kappa shape index (κ2) is 5.48. The lowest BCUT2D eigenvalue weighted by atomic mass is 10.0. The summed E-state index contributed by atoms with van der Waals surface area (Å²) in [5.74, 6) is 5.32. The Labute approximate surface area is 118 Å². The van der Waals surface area contributed by atoms with Crippen molar-refractivity contribution in [2.45, 2.75) is 19.9 Å². The van der Waals surface area contributed by atoms with E-state index in [1.165, 1.54) is 10.4 Å². The van der Waals surface area contributed by atoms with Crippen molar-refractivity contribution in [1.29, 1.82) is 0 Å². The number of nitrogens with two attached hydrogens (primary N) is 1. The summed E-state index contributed by atoms with van der Waals surface area (Å²) in [5.41, 5.74) is 4.44. The number of nitrogens with one attached hydrogen (secondary N) is 1. The fourth-order valence-electron chi connectivity index (χ4n) is 1.81. The van der Waals surface area contributed by atoms with Crippen LogP contribution in [0.5, 0.6) is 0 Å². The number of hydrazine groups is 1. The summed E-state index contributed by atoms with van der Waals surface area (Å²) in [6.07, 6.45) is 0. The van der Waals surface area contributed by atoms with Crippen LogP contribution < -0.4 is 11.3 Å². The molecule has 0 spiro atoms. The molecule has 1 unspecified atom stereocenters. The van der Waals surface area contributed by atoms with Gasteiger partial charge in [0.15, 0.2) is 0 Å². The van der Waals surface area contributed by atoms with Gasteiger partial charge in [-0.05, 0) is 47.5 Å². The standard InChI is InChI=1S/C13H14BrFN2S/c1-7-6-11(18-8(7)2)13(17-16)9-4-3-5-10(14)12(9)15/h3-6,13,17H,16H2,1-2H3. The first-order valence-corrected chi connectivity index (χ1v) is 7.12. The van der Waals surface area contributed by atoms with Gasteiger partial charge in [-0.2, -0.15) is 0 Å². The Hall–Kier alpha value is -0.750. The highest BCUT2D eigenvalue weighted by Gasteiger charge is 2.20. The van der Waals surface area contributed by atoms with Gasteiger partial charge in [0.1, 0.15) is 5.82 Å². The zero-order chi connectivity index (χ0) is 13.3. The molecule has 0 amide bonds. The topological polar surface area (TPSA) is 38.0 Å². The molecule has 2 nitrogen and oxygen atoms in total. The third-order valence-electron chi connectivity index (χ3n) is 2.93. The molecule has 18 heavy (non-hydrogen) atoms. The van der Waals surface area contributed by atoms with E-state index in [4.69, 9.17) is 5.84 Å². The molecule has 2 rings (SSSR count). The van der Waals surface area contributed by atoms with Crippen LogP contribution in [0.15, 0.2) is 28.7 Å². The Balaban J connectivity index is 2.48. The van der Waals surface area contributed by atoms with Crippen LogP contribution in [0.1, 0.15) is 26.9 Å². The maximum absolute atomic E-state index is 14.1. The van der Waals surface area contributed by atoms with E-state index in [0.717, 1.165) is 4.88 Å². The fourth-order valence-corrected chi connectivity index (χ4v) is 3.32. The molecule has 2 aromatic rings. The Morgan fingerprint density at radius 3 is 2.67 bits per heavy atom. The van der Waals surface area contributed by atoms with Crippen molar-refractivity contribution >= 4 is 27.3 Å². The first-order valence-electron chi connectivity index (χ1n) is 5.51. The number of rotatable bonds is 3. The Kier molecular flexibility index (Phi) is 4.17. The van der Waals surface area contributed by atoms with Gasteiger partial charge in [0.05, 0.1) is 10.5 Å². The van der Waals surface area contributed by atoms with Crippen LogP contribution >= 0.6 is 27.3 Å². The number of thiophene rings is 1. The molecule has 0 saturated carbocycles. The largest absolute Gasteiger partial charge is 0.271 e. The van der Waals surface area contributed by atoms with E-state index >= 15 is 0 Å². The van der Waals surface area contributed by atoms with Crippen LogP contribution in [0, 0.1) is 19.7 Å². The van der Waals surface area contributed by atoms with Gasteiger partial charge < -0.3 is 0 Å². The highest BCUT2D eigenvalue weighted by atomic mass is 79.9. The van der Waals surface area contributed by atoms with Gasteiger partial charge in [0, 0.05) is 15.3 Å². The minimum atomic E-state index is -0.320. The van der Waals surface area contributed by atoms with Crippen LogP contribution in [-0.2, 0) is 0 Å². The predicted molar refractivity (Wildman–Crippen MR) is 77.1 cm³/mol. The van der Waals surface area contributed by atoms with Crippen LogP contribution in [0.4, 0.5) is 4.39 Å². The second-order valence-electron chi connectivity index (χ2n) is 4.13. The molecule has 1 aromatic carbocycles. The molecule has 0 aliphatic heterocycles. The zero-order valence-corrected chi connectivity index (χ0v) is 12.5. The van der Waals surface area contributed by atoms with E-state index < -0.39 is 0 Å². The molecule has 96 valence electrons. The van der Waals surface area contributed by atoms with E-state index in [2.05, 4.69) is 21.4 Å². The lowest BCUT2D eigenvalue weighted by Gasteiger charge is -2.16. The lowest BCUT2D eigenvalue weighted by molar-refractivity contribution is 0.559. The van der Waals surface area contributed by atoms with Crippen LogP contribution in [0.3, 0.4) is 0 Å². The van der Waals surface area contributed by atoms with Gasteiger partial charge >= 0.3 is 0 Å². The average Bonchev–Trinajstić information content (AvgIpc) is 2.66. The highest BCUT2D eigenvalue weighted by Crippen LogP contribution is 2.33. The minimum absolute atomic E-state index is 0.274. The molecule has 0 bridgehead atoms. The zero-order valence-electron chi connectivity index (χ0n) is 10.1. The van der Waals surface area contributed by atoms with Gasteiger partial charge in [0.2, 0.25) is 0 Å². The highest BCUT2D eigenvalue weighted by molar-refractivity contribution is 9.10. The molecule has 1 atom stereocenters. The molecular weight excluding hydrogens is 315 g/mol. The fraction of sp³-hybridized carbons (Fsp3) is 0.231. The first kappa shape index (κ1) is 13.7. The molecule has 1 aromatic heterocycles. The number of hydrogen-bond donors (Lipinski definition) is 2. The van der Waals surface area contributed by atoms with Crippen molar-refractivity contribution in [2.75, 3.05) is 0 Å². The molecule has 0 radical (unpaired) electrons. The summed E-state index contributed by atoms with van der Waals surface area (Å²) >= 11 is 4.83. The number of halogens is 2. The van der Waals surface area contributed by atoms with Crippen molar-refractivity contribution in [3.63, 3.8) is 0 Å². The SMILES string of the molecule is Cc1cc(C(NN)c2cccc(Br)c2F)sc1C. The summed E-state index contributed by atoms with van der Waals surface area (Å²) in [7, 11) is 0. The van der Waals surface area contributed by atoms with Crippen LogP contribution in [-0.4, -0.2) is 0 Å². The maximum atomic E-state index is 14.1. The summed E-state index contributed by atoms with van der Waals surface area (Å²) in [5, 5.41) is 0. The molecule has 0 fully saturated rings. The normalized spacial score (nSPS) is 12.7. The maximum Gasteiger partial charge on any atom is 0.142 e. The van der Waals surface area contributed by atoms with Gasteiger partial charge in [-0.25, -0.2) is 9.82 Å². The molecule has 1 heterocycles. The quantitative estimate of drug-likeness (QED) is 0.664. The molecule has 0 aliphatic carbocycles. The third-order valence-corrected chi connectivity index (χ3v) is 4.76. The first-order chi connectivity index (χ1) is 8.54. The monoisotopic (exact) mass is 328 g/mol. The average molecular weight is 329 g/mol. The van der Waals surface area contributed by atoms with E-state index in [9.17, 15) is 4.39 Å². The van der Waals surface area contributed by atoms with Crippen molar-refractivity contribution in [1.82, 2.24) is 5.43 Å². The Morgan fingerprint density at radius 1 is 1.39 bits per heavy atom. The lowest BCUT2D eigenvalue weighted by Crippen LogP contribution is -2.29.